The van der Waals surface area contributed by atoms with E-state index in [2.05, 4.69) is 97.6 Å². The van der Waals surface area contributed by atoms with Crippen molar-refractivity contribution in [2.75, 3.05) is 4.90 Å². The molecule has 0 spiro atoms. The van der Waals surface area contributed by atoms with Gasteiger partial charge >= 0.3 is 0 Å². The minimum Gasteiger partial charge on any atom is -0.331 e. The highest BCUT2D eigenvalue weighted by Gasteiger charge is 2.41. The van der Waals surface area contributed by atoms with Crippen molar-refractivity contribution in [2.45, 2.75) is 51.5 Å². The molecule has 0 aromatic heterocycles. The fourth-order valence-electron chi connectivity index (χ4n) is 4.75. The molecule has 0 heterocycles. The number of anilines is 2. The van der Waals surface area contributed by atoms with Crippen molar-refractivity contribution in [3.05, 3.63) is 95.6 Å². The number of rotatable bonds is 4. The van der Waals surface area contributed by atoms with Crippen LogP contribution in [0.2, 0.25) is 0 Å². The molecule has 1 aliphatic carbocycles. The molecule has 3 aromatic rings. The van der Waals surface area contributed by atoms with Crippen LogP contribution in [0.3, 0.4) is 0 Å². The second kappa shape index (κ2) is 7.60. The predicted octanol–water partition coefficient (Wildman–Crippen LogP) is 7.30. The summed E-state index contributed by atoms with van der Waals surface area (Å²) >= 11 is 0. The van der Waals surface area contributed by atoms with Gasteiger partial charge in [0, 0.05) is 11.4 Å². The first-order valence-electron chi connectivity index (χ1n) is 10.2. The topological polar surface area (TPSA) is 3.24 Å². The van der Waals surface area contributed by atoms with Crippen LogP contribution in [0.5, 0.6) is 0 Å². The average molecular weight is 356 g/mol. The predicted molar refractivity (Wildman–Crippen MR) is 116 cm³/mol. The fraction of sp³-hybridized carbons (Fsp3) is 0.308. The summed E-state index contributed by atoms with van der Waals surface area (Å²) in [4.78, 5) is 2.66. The summed E-state index contributed by atoms with van der Waals surface area (Å²) < 4.78 is 0. The summed E-state index contributed by atoms with van der Waals surface area (Å²) in [6.07, 6.45) is 6.29. The van der Waals surface area contributed by atoms with Crippen LogP contribution in [0.25, 0.3) is 0 Å². The minimum absolute atomic E-state index is 0.0116. The molecule has 1 aliphatic rings. The maximum Gasteiger partial charge on any atom is 0.0702 e. The van der Waals surface area contributed by atoms with E-state index >= 15 is 0 Å². The lowest BCUT2D eigenvalue weighted by atomic mass is 9.74. The van der Waals surface area contributed by atoms with E-state index < -0.39 is 0 Å². The highest BCUT2D eigenvalue weighted by molar-refractivity contribution is 5.72. The quantitative estimate of drug-likeness (QED) is 0.474. The Morgan fingerprint density at radius 3 is 1.59 bits per heavy atom. The zero-order valence-electron chi connectivity index (χ0n) is 16.5. The number of para-hydroxylation sites is 2. The molecule has 27 heavy (non-hydrogen) atoms. The third-order valence-electron chi connectivity index (χ3n) is 6.13. The second-order valence-electron chi connectivity index (χ2n) is 7.87. The first kappa shape index (κ1) is 17.9. The van der Waals surface area contributed by atoms with Gasteiger partial charge in [0.1, 0.15) is 0 Å². The first-order valence-corrected chi connectivity index (χ1v) is 10.2. The Kier molecular flexibility index (Phi) is 5.03. The van der Waals surface area contributed by atoms with E-state index in [9.17, 15) is 0 Å². The van der Waals surface area contributed by atoms with Gasteiger partial charge in [-0.05, 0) is 55.5 Å². The minimum atomic E-state index is 0.0116. The van der Waals surface area contributed by atoms with E-state index in [1.54, 1.807) is 0 Å². The highest BCUT2D eigenvalue weighted by atomic mass is 15.2. The van der Waals surface area contributed by atoms with Crippen LogP contribution in [0.4, 0.5) is 11.4 Å². The lowest BCUT2D eigenvalue weighted by Crippen LogP contribution is -2.45. The number of benzene rings is 3. The number of aryl methyl sites for hydroxylation is 2. The van der Waals surface area contributed by atoms with E-state index in [1.807, 2.05) is 0 Å². The Hall–Kier alpha value is -2.54. The normalized spacial score (nSPS) is 16.1. The van der Waals surface area contributed by atoms with Gasteiger partial charge < -0.3 is 4.90 Å². The summed E-state index contributed by atoms with van der Waals surface area (Å²) in [5, 5.41) is 0. The third-order valence-corrected chi connectivity index (χ3v) is 6.13. The maximum absolute atomic E-state index is 2.66. The smallest absolute Gasteiger partial charge is 0.0702 e. The van der Waals surface area contributed by atoms with Crippen LogP contribution in [0.1, 0.15) is 48.8 Å². The van der Waals surface area contributed by atoms with Gasteiger partial charge in [0.25, 0.3) is 0 Å². The van der Waals surface area contributed by atoms with E-state index in [0.717, 1.165) is 0 Å². The molecular weight excluding hydrogens is 326 g/mol. The molecule has 138 valence electrons. The monoisotopic (exact) mass is 355 g/mol. The SMILES string of the molecule is Cc1ccccc1N(c1ccccc1C)C1(c2ccccc2)CCCCC1. The molecule has 4 rings (SSSR count). The van der Waals surface area contributed by atoms with Crippen molar-refractivity contribution < 1.29 is 0 Å². The first-order chi connectivity index (χ1) is 13.2. The number of hydrogen-bond acceptors (Lipinski definition) is 1. The Labute approximate surface area is 163 Å². The van der Waals surface area contributed by atoms with E-state index in [-0.39, 0.29) is 5.54 Å². The van der Waals surface area contributed by atoms with Crippen molar-refractivity contribution >= 4 is 11.4 Å². The van der Waals surface area contributed by atoms with Crippen LogP contribution in [0.15, 0.2) is 78.9 Å². The molecule has 1 nitrogen and oxygen atoms in total. The molecule has 1 saturated carbocycles. The molecule has 0 amide bonds. The molecule has 0 N–H and O–H groups in total. The summed E-state index contributed by atoms with van der Waals surface area (Å²) in [6.45, 7) is 4.48. The summed E-state index contributed by atoms with van der Waals surface area (Å²) in [7, 11) is 0. The van der Waals surface area contributed by atoms with Gasteiger partial charge in [-0.3, -0.25) is 0 Å². The van der Waals surface area contributed by atoms with Crippen molar-refractivity contribution in [1.29, 1.82) is 0 Å². The zero-order chi connectivity index (χ0) is 18.7. The highest BCUT2D eigenvalue weighted by Crippen LogP contribution is 2.49. The third kappa shape index (κ3) is 3.27. The molecule has 0 saturated heterocycles. The lowest BCUT2D eigenvalue weighted by molar-refractivity contribution is 0.298. The van der Waals surface area contributed by atoms with Gasteiger partial charge in [0.05, 0.1) is 5.54 Å². The molecule has 3 aromatic carbocycles. The van der Waals surface area contributed by atoms with Crippen LogP contribution in [-0.4, -0.2) is 0 Å². The van der Waals surface area contributed by atoms with Gasteiger partial charge in [-0.25, -0.2) is 0 Å². The summed E-state index contributed by atoms with van der Waals surface area (Å²) in [5.41, 5.74) is 6.78. The van der Waals surface area contributed by atoms with E-state index in [4.69, 9.17) is 0 Å². The average Bonchev–Trinajstić information content (AvgIpc) is 2.72. The van der Waals surface area contributed by atoms with Crippen LogP contribution in [-0.2, 0) is 5.54 Å². The zero-order valence-corrected chi connectivity index (χ0v) is 16.5. The van der Waals surface area contributed by atoms with Gasteiger partial charge in [0.2, 0.25) is 0 Å². The second-order valence-corrected chi connectivity index (χ2v) is 7.87. The molecular formula is C26H29N. The van der Waals surface area contributed by atoms with Crippen LogP contribution >= 0.6 is 0 Å². The Balaban J connectivity index is 1.98. The fourth-order valence-corrected chi connectivity index (χ4v) is 4.75. The molecule has 1 heteroatoms. The van der Waals surface area contributed by atoms with Crippen LogP contribution in [0, 0.1) is 13.8 Å². The largest absolute Gasteiger partial charge is 0.331 e. The van der Waals surface area contributed by atoms with Gasteiger partial charge in [-0.1, -0.05) is 86.0 Å². The Bertz CT molecular complexity index is 845. The molecule has 0 bridgehead atoms. The van der Waals surface area contributed by atoms with E-state index in [1.165, 1.54) is 60.2 Å². The van der Waals surface area contributed by atoms with Crippen molar-refractivity contribution in [3.8, 4) is 0 Å². The summed E-state index contributed by atoms with van der Waals surface area (Å²) in [5.74, 6) is 0. The molecule has 1 fully saturated rings. The molecule has 0 aliphatic heterocycles. The van der Waals surface area contributed by atoms with Gasteiger partial charge in [0.15, 0.2) is 0 Å². The number of nitrogens with zero attached hydrogens (tertiary/aromatic N) is 1. The summed E-state index contributed by atoms with van der Waals surface area (Å²) in [6, 6.07) is 28.9. The van der Waals surface area contributed by atoms with Gasteiger partial charge in [-0.2, -0.15) is 0 Å². The van der Waals surface area contributed by atoms with Crippen molar-refractivity contribution in [2.24, 2.45) is 0 Å². The molecule has 0 atom stereocenters. The lowest BCUT2D eigenvalue weighted by Gasteiger charge is -2.49. The maximum atomic E-state index is 2.66. The Morgan fingerprint density at radius 2 is 1.07 bits per heavy atom. The molecule has 0 radical (unpaired) electrons. The Morgan fingerprint density at radius 1 is 0.593 bits per heavy atom. The number of hydrogen-bond donors (Lipinski definition) is 0. The molecule has 0 unspecified atom stereocenters. The van der Waals surface area contributed by atoms with Gasteiger partial charge in [-0.15, -0.1) is 0 Å². The standard InChI is InChI=1S/C26H29N/c1-21-13-7-9-17-24(21)27(25-18-10-8-14-22(25)2)26(19-11-4-12-20-26)23-15-5-3-6-16-23/h3,5-10,13-18H,4,11-12,19-20H2,1-2H3. The van der Waals surface area contributed by atoms with Crippen molar-refractivity contribution in [3.63, 3.8) is 0 Å². The van der Waals surface area contributed by atoms with Crippen molar-refractivity contribution in [1.82, 2.24) is 0 Å². The van der Waals surface area contributed by atoms with E-state index in [0.29, 0.717) is 0 Å². The van der Waals surface area contributed by atoms with Crippen LogP contribution < -0.4 is 4.90 Å².